The standard InChI is InChI=1S/C30H50N2O9Si/c1-28(2,3)40-26(34)17-31(18-27(35)41-29(4,5)6)22-15-20(19-38-42(10,11)30(7,8)9)21(32(36)37)16-25(22)39-24-14-12-13-23(24)33/h15-16,23-24,33H,12-14,17-19H2,1-11H3/t23-,24-/m0/s1. The maximum atomic E-state index is 13.0. The SMILES string of the molecule is CC(C)(C)OC(=O)CN(CC(=O)OC(C)(C)C)c1cc(CO[Si](C)(C)C(C)(C)C)c([N+](=O)[O-])cc1O[C@H]1CCC[C@@H]1O. The summed E-state index contributed by atoms with van der Waals surface area (Å²) >= 11 is 0. The van der Waals surface area contributed by atoms with Crippen LogP contribution in [0.1, 0.15) is 87.1 Å². The molecular weight excluding hydrogens is 560 g/mol. The lowest BCUT2D eigenvalue weighted by molar-refractivity contribution is -0.385. The second-order valence-electron chi connectivity index (χ2n) is 14.4. The molecule has 12 heteroatoms. The second kappa shape index (κ2) is 13.3. The van der Waals surface area contributed by atoms with Crippen LogP contribution in [-0.4, -0.2) is 66.8 Å². The summed E-state index contributed by atoms with van der Waals surface area (Å²) in [4.78, 5) is 39.2. The van der Waals surface area contributed by atoms with Crippen LogP contribution in [0.3, 0.4) is 0 Å². The number of benzene rings is 1. The Morgan fingerprint density at radius 3 is 1.90 bits per heavy atom. The van der Waals surface area contributed by atoms with Crippen molar-refractivity contribution in [1.29, 1.82) is 0 Å². The smallest absolute Gasteiger partial charge is 0.326 e. The molecule has 1 aliphatic carbocycles. The van der Waals surface area contributed by atoms with E-state index in [9.17, 15) is 24.8 Å². The quantitative estimate of drug-likeness (QED) is 0.139. The number of hydrogen-bond acceptors (Lipinski definition) is 10. The van der Waals surface area contributed by atoms with Crippen molar-refractivity contribution in [2.75, 3.05) is 18.0 Å². The monoisotopic (exact) mass is 610 g/mol. The molecule has 1 aromatic rings. The van der Waals surface area contributed by atoms with E-state index in [-0.39, 0.29) is 47.4 Å². The van der Waals surface area contributed by atoms with Crippen molar-refractivity contribution in [3.63, 3.8) is 0 Å². The Hall–Kier alpha value is -2.70. The van der Waals surface area contributed by atoms with Gasteiger partial charge in [-0.05, 0) is 85.0 Å². The van der Waals surface area contributed by atoms with Gasteiger partial charge in [-0.1, -0.05) is 20.8 Å². The summed E-state index contributed by atoms with van der Waals surface area (Å²) in [5.74, 6) is -1.12. The molecule has 2 rings (SSSR count). The van der Waals surface area contributed by atoms with Crippen molar-refractivity contribution >= 4 is 31.6 Å². The molecule has 42 heavy (non-hydrogen) atoms. The number of esters is 2. The van der Waals surface area contributed by atoms with Crippen LogP contribution in [-0.2, 0) is 30.1 Å². The zero-order chi connectivity index (χ0) is 32.3. The number of carbonyl (C=O) groups is 2. The van der Waals surface area contributed by atoms with Gasteiger partial charge in [0.2, 0.25) is 0 Å². The highest BCUT2D eigenvalue weighted by atomic mass is 28.4. The molecule has 2 atom stereocenters. The molecule has 1 saturated carbocycles. The third-order valence-corrected chi connectivity index (χ3v) is 11.7. The first-order valence-corrected chi connectivity index (χ1v) is 17.4. The Kier molecular flexibility index (Phi) is 11.2. The fourth-order valence-corrected chi connectivity index (χ4v) is 5.14. The van der Waals surface area contributed by atoms with Crippen LogP contribution in [0.15, 0.2) is 12.1 Å². The number of aliphatic hydroxyl groups is 1. The predicted molar refractivity (Wildman–Crippen MR) is 163 cm³/mol. The summed E-state index contributed by atoms with van der Waals surface area (Å²) in [6, 6.07) is 2.83. The van der Waals surface area contributed by atoms with Crippen molar-refractivity contribution in [2.24, 2.45) is 0 Å². The molecule has 0 saturated heterocycles. The van der Waals surface area contributed by atoms with Gasteiger partial charge in [0, 0.05) is 0 Å². The van der Waals surface area contributed by atoms with Crippen LogP contribution < -0.4 is 9.64 Å². The fourth-order valence-electron chi connectivity index (χ4n) is 4.20. The average Bonchev–Trinajstić information content (AvgIpc) is 3.18. The van der Waals surface area contributed by atoms with E-state index in [1.54, 1.807) is 41.5 Å². The number of hydrogen-bond donors (Lipinski definition) is 1. The van der Waals surface area contributed by atoms with E-state index in [0.29, 0.717) is 12.8 Å². The Morgan fingerprint density at radius 1 is 0.976 bits per heavy atom. The molecule has 0 aliphatic heterocycles. The van der Waals surface area contributed by atoms with Gasteiger partial charge in [-0.25, -0.2) is 0 Å². The Bertz CT molecular complexity index is 1100. The first-order valence-electron chi connectivity index (χ1n) is 14.5. The van der Waals surface area contributed by atoms with Crippen LogP contribution in [0, 0.1) is 10.1 Å². The maximum absolute atomic E-state index is 13.0. The topological polar surface area (TPSA) is 138 Å². The third-order valence-electron chi connectivity index (χ3n) is 7.27. The van der Waals surface area contributed by atoms with E-state index in [0.717, 1.165) is 6.42 Å². The summed E-state index contributed by atoms with van der Waals surface area (Å²) < 4.78 is 23.6. The first kappa shape index (κ1) is 35.5. The van der Waals surface area contributed by atoms with Gasteiger partial charge in [-0.3, -0.25) is 19.7 Å². The largest absolute Gasteiger partial charge is 0.485 e. The highest BCUT2D eigenvalue weighted by Crippen LogP contribution is 2.41. The van der Waals surface area contributed by atoms with Gasteiger partial charge >= 0.3 is 11.9 Å². The number of nitro benzene ring substituents is 1. The van der Waals surface area contributed by atoms with Gasteiger partial charge in [0.05, 0.1) is 35.0 Å². The van der Waals surface area contributed by atoms with Crippen LogP contribution in [0.25, 0.3) is 0 Å². The first-order chi connectivity index (χ1) is 19.0. The molecule has 1 N–H and O–H groups in total. The van der Waals surface area contributed by atoms with Crippen molar-refractivity contribution < 1.29 is 38.3 Å². The zero-order valence-electron chi connectivity index (χ0n) is 27.2. The van der Waals surface area contributed by atoms with Crippen molar-refractivity contribution in [3.8, 4) is 5.75 Å². The Morgan fingerprint density at radius 2 is 1.50 bits per heavy atom. The molecular formula is C30H50N2O9Si. The summed E-state index contributed by atoms with van der Waals surface area (Å²) in [5.41, 5.74) is -1.23. The molecule has 0 aromatic heterocycles. The van der Waals surface area contributed by atoms with E-state index in [4.69, 9.17) is 18.6 Å². The fraction of sp³-hybridized carbons (Fsp3) is 0.733. The van der Waals surface area contributed by atoms with Crippen LogP contribution in [0.5, 0.6) is 5.75 Å². The van der Waals surface area contributed by atoms with Gasteiger partial charge in [0.1, 0.15) is 36.1 Å². The van der Waals surface area contributed by atoms with Crippen molar-refractivity contribution in [3.05, 3.63) is 27.8 Å². The van der Waals surface area contributed by atoms with E-state index >= 15 is 0 Å². The average molecular weight is 611 g/mol. The molecule has 238 valence electrons. The lowest BCUT2D eigenvalue weighted by Gasteiger charge is -2.36. The molecule has 1 aromatic carbocycles. The van der Waals surface area contributed by atoms with Gasteiger partial charge in [0.15, 0.2) is 8.32 Å². The highest BCUT2D eigenvalue weighted by molar-refractivity contribution is 6.74. The highest BCUT2D eigenvalue weighted by Gasteiger charge is 2.38. The summed E-state index contributed by atoms with van der Waals surface area (Å²) in [6.45, 7) is 20.0. The van der Waals surface area contributed by atoms with E-state index in [1.807, 2.05) is 0 Å². The van der Waals surface area contributed by atoms with Gasteiger partial charge < -0.3 is 28.6 Å². The number of carbonyl (C=O) groups excluding carboxylic acids is 2. The van der Waals surface area contributed by atoms with Gasteiger partial charge in [-0.2, -0.15) is 0 Å². The van der Waals surface area contributed by atoms with Crippen LogP contribution in [0.2, 0.25) is 18.1 Å². The number of nitro groups is 1. The van der Waals surface area contributed by atoms with Crippen LogP contribution >= 0.6 is 0 Å². The minimum atomic E-state index is -2.30. The molecule has 1 aliphatic rings. The lowest BCUT2D eigenvalue weighted by Crippen LogP contribution is -2.41. The van der Waals surface area contributed by atoms with Gasteiger partial charge in [0.25, 0.3) is 5.69 Å². The molecule has 0 unspecified atom stereocenters. The maximum Gasteiger partial charge on any atom is 0.326 e. The normalized spacial score (nSPS) is 18.0. The number of ether oxygens (including phenoxy) is 3. The number of rotatable bonds is 11. The van der Waals surface area contributed by atoms with Crippen LogP contribution in [0.4, 0.5) is 11.4 Å². The van der Waals surface area contributed by atoms with Crippen molar-refractivity contribution in [2.45, 2.75) is 130 Å². The molecule has 0 bridgehead atoms. The van der Waals surface area contributed by atoms with Gasteiger partial charge in [-0.15, -0.1) is 0 Å². The number of anilines is 1. The lowest BCUT2D eigenvalue weighted by atomic mass is 10.1. The second-order valence-corrected chi connectivity index (χ2v) is 19.2. The number of aliphatic hydroxyl groups excluding tert-OH is 1. The van der Waals surface area contributed by atoms with E-state index < -0.39 is 48.6 Å². The molecule has 0 radical (unpaired) electrons. The molecule has 0 heterocycles. The summed E-state index contributed by atoms with van der Waals surface area (Å²) in [7, 11) is -2.30. The summed E-state index contributed by atoms with van der Waals surface area (Å²) in [5, 5.41) is 22.6. The molecule has 0 amide bonds. The van der Waals surface area contributed by atoms with E-state index in [2.05, 4.69) is 33.9 Å². The molecule has 1 fully saturated rings. The third kappa shape index (κ3) is 10.5. The molecule has 11 nitrogen and oxygen atoms in total. The zero-order valence-corrected chi connectivity index (χ0v) is 28.2. The number of nitrogens with zero attached hydrogens (tertiary/aromatic N) is 2. The minimum absolute atomic E-state index is 0.0428. The Labute approximate surface area is 251 Å². The molecule has 0 spiro atoms. The Balaban J connectivity index is 2.68. The van der Waals surface area contributed by atoms with E-state index in [1.165, 1.54) is 17.0 Å². The van der Waals surface area contributed by atoms with Crippen molar-refractivity contribution in [1.82, 2.24) is 0 Å². The minimum Gasteiger partial charge on any atom is -0.485 e. The predicted octanol–water partition coefficient (Wildman–Crippen LogP) is 5.90. The summed E-state index contributed by atoms with van der Waals surface area (Å²) in [6.07, 6.45) is 0.496.